The van der Waals surface area contributed by atoms with E-state index in [-0.39, 0.29) is 0 Å². The van der Waals surface area contributed by atoms with Crippen LogP contribution in [0.25, 0.3) is 21.7 Å². The Morgan fingerprint density at radius 2 is 1.79 bits per heavy atom. The average Bonchev–Trinajstić information content (AvgIpc) is 2.59. The van der Waals surface area contributed by atoms with E-state index in [1.54, 1.807) is 0 Å². The third-order valence-corrected chi connectivity index (χ3v) is 4.63. The fraction of sp³-hybridized carbons (Fsp3) is 0.182. The Bertz CT molecular complexity index is 1030. The number of hydrogen-bond donors (Lipinski definition) is 0. The number of aromatic nitrogens is 2. The van der Waals surface area contributed by atoms with Crippen LogP contribution in [-0.2, 0) is 12.8 Å². The zero-order chi connectivity index (χ0) is 16.5. The van der Waals surface area contributed by atoms with Crippen LogP contribution in [0.5, 0.6) is 0 Å². The maximum atomic E-state index is 4.59. The first-order valence-corrected chi connectivity index (χ1v) is 8.38. The van der Waals surface area contributed by atoms with E-state index >= 15 is 0 Å². The van der Waals surface area contributed by atoms with Crippen molar-refractivity contribution < 1.29 is 0 Å². The average molecular weight is 312 g/mol. The van der Waals surface area contributed by atoms with Crippen molar-refractivity contribution in [2.24, 2.45) is 0 Å². The molecule has 0 saturated carbocycles. The van der Waals surface area contributed by atoms with Crippen LogP contribution in [0.2, 0.25) is 0 Å². The smallest absolute Gasteiger partial charge is 0.0734 e. The minimum atomic E-state index is 1.01. The molecule has 0 aliphatic rings. The highest BCUT2D eigenvalue weighted by atomic mass is 14.6. The molecule has 2 aromatic carbocycles. The summed E-state index contributed by atoms with van der Waals surface area (Å²) in [6, 6.07) is 15.3. The molecule has 0 saturated heterocycles. The molecule has 0 N–H and O–H groups in total. The predicted octanol–water partition coefficient (Wildman–Crippen LogP) is 5.19. The quantitative estimate of drug-likeness (QED) is 0.520. The Kier molecular flexibility index (Phi) is 3.73. The number of benzene rings is 2. The number of fused-ring (bicyclic) bond motifs is 2. The standard InChI is InChI=1S/C22H20N2/c1-15-10-19-4-3-8-24-22(19)20(11-15)6-5-17-12-16(2)21-14-23-9-7-18(21)13-17/h3-4,7-14H,5-6H2,1-2H3. The van der Waals surface area contributed by atoms with Crippen LogP contribution in [0.3, 0.4) is 0 Å². The SMILES string of the molecule is Cc1cc(CCc2cc(C)c3cnccc3c2)c2ncccc2c1. The van der Waals surface area contributed by atoms with Gasteiger partial charge in [0.1, 0.15) is 0 Å². The van der Waals surface area contributed by atoms with Gasteiger partial charge in [-0.1, -0.05) is 29.8 Å². The van der Waals surface area contributed by atoms with Gasteiger partial charge in [0.15, 0.2) is 0 Å². The van der Waals surface area contributed by atoms with Crippen LogP contribution in [0, 0.1) is 13.8 Å². The fourth-order valence-electron chi connectivity index (χ4n) is 3.50. The van der Waals surface area contributed by atoms with Crippen LogP contribution in [-0.4, -0.2) is 9.97 Å². The van der Waals surface area contributed by atoms with E-state index in [1.807, 2.05) is 24.7 Å². The summed E-state index contributed by atoms with van der Waals surface area (Å²) in [4.78, 5) is 8.83. The highest BCUT2D eigenvalue weighted by molar-refractivity contribution is 5.85. The maximum Gasteiger partial charge on any atom is 0.0734 e. The molecule has 0 unspecified atom stereocenters. The Morgan fingerprint density at radius 3 is 2.71 bits per heavy atom. The third-order valence-electron chi connectivity index (χ3n) is 4.63. The molecule has 0 radical (unpaired) electrons. The van der Waals surface area contributed by atoms with Gasteiger partial charge >= 0.3 is 0 Å². The first-order valence-electron chi connectivity index (χ1n) is 8.38. The van der Waals surface area contributed by atoms with Crippen LogP contribution in [0.4, 0.5) is 0 Å². The van der Waals surface area contributed by atoms with E-state index in [1.165, 1.54) is 38.4 Å². The molecular formula is C22H20N2. The second-order valence-corrected chi connectivity index (χ2v) is 6.51. The van der Waals surface area contributed by atoms with E-state index in [2.05, 4.69) is 60.2 Å². The second kappa shape index (κ2) is 6.04. The van der Waals surface area contributed by atoms with Gasteiger partial charge in [-0.3, -0.25) is 9.97 Å². The largest absolute Gasteiger partial charge is 0.264 e. The molecule has 2 heterocycles. The topological polar surface area (TPSA) is 25.8 Å². The van der Waals surface area contributed by atoms with Crippen molar-refractivity contribution >= 4 is 21.7 Å². The lowest BCUT2D eigenvalue weighted by atomic mass is 9.97. The van der Waals surface area contributed by atoms with Crippen molar-refractivity contribution in [1.82, 2.24) is 9.97 Å². The first-order chi connectivity index (χ1) is 11.7. The summed E-state index contributed by atoms with van der Waals surface area (Å²) in [5.74, 6) is 0. The molecule has 118 valence electrons. The monoisotopic (exact) mass is 312 g/mol. The molecule has 2 aromatic heterocycles. The third kappa shape index (κ3) is 2.76. The van der Waals surface area contributed by atoms with Crippen molar-refractivity contribution in [1.29, 1.82) is 0 Å². The lowest BCUT2D eigenvalue weighted by Gasteiger charge is -2.10. The molecule has 0 spiro atoms. The summed E-state index contributed by atoms with van der Waals surface area (Å²) in [6.07, 6.45) is 7.73. The van der Waals surface area contributed by atoms with Gasteiger partial charge < -0.3 is 0 Å². The van der Waals surface area contributed by atoms with Crippen LogP contribution < -0.4 is 0 Å². The summed E-state index contributed by atoms with van der Waals surface area (Å²) in [5.41, 5.74) is 6.42. The number of nitrogens with zero attached hydrogens (tertiary/aromatic N) is 2. The highest BCUT2D eigenvalue weighted by Crippen LogP contribution is 2.23. The molecule has 0 aliphatic carbocycles. The summed E-state index contributed by atoms with van der Waals surface area (Å²) >= 11 is 0. The lowest BCUT2D eigenvalue weighted by Crippen LogP contribution is -1.96. The normalized spacial score (nSPS) is 11.2. The highest BCUT2D eigenvalue weighted by Gasteiger charge is 2.06. The van der Waals surface area contributed by atoms with Crippen molar-refractivity contribution in [2.45, 2.75) is 26.7 Å². The Morgan fingerprint density at radius 1 is 0.875 bits per heavy atom. The van der Waals surface area contributed by atoms with E-state index in [9.17, 15) is 0 Å². The van der Waals surface area contributed by atoms with Gasteiger partial charge in [-0.25, -0.2) is 0 Å². The predicted molar refractivity (Wildman–Crippen MR) is 100 cm³/mol. The molecule has 4 rings (SSSR count). The zero-order valence-corrected chi connectivity index (χ0v) is 14.1. The van der Waals surface area contributed by atoms with Gasteiger partial charge in [-0.2, -0.15) is 0 Å². The number of aryl methyl sites for hydroxylation is 4. The Hall–Kier alpha value is -2.74. The molecule has 4 aromatic rings. The van der Waals surface area contributed by atoms with Crippen LogP contribution >= 0.6 is 0 Å². The van der Waals surface area contributed by atoms with Gasteiger partial charge in [0, 0.05) is 29.4 Å². The van der Waals surface area contributed by atoms with Crippen molar-refractivity contribution in [3.8, 4) is 0 Å². The van der Waals surface area contributed by atoms with Gasteiger partial charge in [0.2, 0.25) is 0 Å². The molecule has 0 aliphatic heterocycles. The van der Waals surface area contributed by atoms with Crippen molar-refractivity contribution in [2.75, 3.05) is 0 Å². The minimum absolute atomic E-state index is 1.01. The van der Waals surface area contributed by atoms with Crippen molar-refractivity contribution in [3.05, 3.63) is 83.3 Å². The van der Waals surface area contributed by atoms with E-state index in [4.69, 9.17) is 0 Å². The second-order valence-electron chi connectivity index (χ2n) is 6.51. The fourth-order valence-corrected chi connectivity index (χ4v) is 3.50. The van der Waals surface area contributed by atoms with E-state index < -0.39 is 0 Å². The van der Waals surface area contributed by atoms with Gasteiger partial charge in [-0.05, 0) is 67.0 Å². The molecule has 0 fully saturated rings. The zero-order valence-electron chi connectivity index (χ0n) is 14.1. The first kappa shape index (κ1) is 14.8. The van der Waals surface area contributed by atoms with E-state index in [0.717, 1.165) is 18.4 Å². The molecule has 0 bridgehead atoms. The summed E-state index contributed by atoms with van der Waals surface area (Å²) in [6.45, 7) is 4.32. The molecule has 24 heavy (non-hydrogen) atoms. The maximum absolute atomic E-state index is 4.59. The van der Waals surface area contributed by atoms with E-state index in [0.29, 0.717) is 0 Å². The molecule has 0 amide bonds. The molecule has 0 atom stereocenters. The number of hydrogen-bond acceptors (Lipinski definition) is 2. The Balaban J connectivity index is 1.68. The lowest BCUT2D eigenvalue weighted by molar-refractivity contribution is 0.963. The molecular weight excluding hydrogens is 292 g/mol. The van der Waals surface area contributed by atoms with Gasteiger partial charge in [0.25, 0.3) is 0 Å². The molecule has 2 nitrogen and oxygen atoms in total. The van der Waals surface area contributed by atoms with Gasteiger partial charge in [-0.15, -0.1) is 0 Å². The summed E-state index contributed by atoms with van der Waals surface area (Å²) in [5, 5.41) is 3.74. The number of rotatable bonds is 3. The van der Waals surface area contributed by atoms with Crippen LogP contribution in [0.1, 0.15) is 22.3 Å². The Labute approximate surface area is 142 Å². The number of pyridine rings is 2. The summed E-state index contributed by atoms with van der Waals surface area (Å²) in [7, 11) is 0. The minimum Gasteiger partial charge on any atom is -0.264 e. The van der Waals surface area contributed by atoms with Crippen LogP contribution in [0.15, 0.2) is 61.1 Å². The van der Waals surface area contributed by atoms with Crippen molar-refractivity contribution in [3.63, 3.8) is 0 Å². The van der Waals surface area contributed by atoms with Gasteiger partial charge in [0.05, 0.1) is 5.52 Å². The molecule has 2 heteroatoms. The summed E-state index contributed by atoms with van der Waals surface area (Å²) < 4.78 is 0.